The lowest BCUT2D eigenvalue weighted by Gasteiger charge is -2.35. The molecule has 0 atom stereocenters. The van der Waals surface area contributed by atoms with E-state index in [0.717, 1.165) is 24.5 Å². The number of rotatable bonds is 3. The van der Waals surface area contributed by atoms with E-state index in [1.54, 1.807) is 19.2 Å². The fourth-order valence-corrected chi connectivity index (χ4v) is 2.70. The first kappa shape index (κ1) is 16.0. The minimum Gasteiger partial charge on any atom is -0.367 e. The van der Waals surface area contributed by atoms with E-state index < -0.39 is 0 Å². The lowest BCUT2D eigenvalue weighted by Crippen LogP contribution is -2.48. The molecule has 6 nitrogen and oxygen atoms in total. The fraction of sp³-hybridized carbons (Fsp3) is 0.278. The molecule has 0 spiro atoms. The van der Waals surface area contributed by atoms with Gasteiger partial charge < -0.3 is 15.1 Å². The average Bonchev–Trinajstić information content (AvgIpc) is 2.63. The second-order valence-corrected chi connectivity index (χ2v) is 5.71. The number of anilines is 2. The Morgan fingerprint density at radius 3 is 2.29 bits per heavy atom. The van der Waals surface area contributed by atoms with Crippen molar-refractivity contribution in [1.82, 2.24) is 9.88 Å². The molecule has 124 valence electrons. The van der Waals surface area contributed by atoms with Crippen molar-refractivity contribution in [3.63, 3.8) is 0 Å². The van der Waals surface area contributed by atoms with Crippen molar-refractivity contribution in [3.05, 3.63) is 54.4 Å². The van der Waals surface area contributed by atoms with Gasteiger partial charge in [-0.05, 0) is 24.3 Å². The lowest BCUT2D eigenvalue weighted by molar-refractivity contribution is -0.129. The fourth-order valence-electron chi connectivity index (χ4n) is 2.70. The van der Waals surface area contributed by atoms with Crippen molar-refractivity contribution >= 4 is 23.2 Å². The molecule has 6 heteroatoms. The van der Waals surface area contributed by atoms with Crippen molar-refractivity contribution in [2.24, 2.45) is 0 Å². The second-order valence-electron chi connectivity index (χ2n) is 5.71. The molecule has 1 fully saturated rings. The maximum atomic E-state index is 12.2. The third kappa shape index (κ3) is 3.71. The monoisotopic (exact) mass is 324 g/mol. The molecule has 24 heavy (non-hydrogen) atoms. The highest BCUT2D eigenvalue weighted by molar-refractivity contribution is 6.02. The van der Waals surface area contributed by atoms with Crippen LogP contribution < -0.4 is 10.2 Å². The first-order valence-corrected chi connectivity index (χ1v) is 7.96. The van der Waals surface area contributed by atoms with E-state index in [1.165, 1.54) is 0 Å². The maximum Gasteiger partial charge on any atom is 0.274 e. The largest absolute Gasteiger partial charge is 0.367 e. The molecule has 0 radical (unpaired) electrons. The molecule has 1 aromatic heterocycles. The number of hydrogen-bond acceptors (Lipinski definition) is 4. The number of nitrogens with one attached hydrogen (secondary N) is 1. The number of hydrogen-bond donors (Lipinski definition) is 1. The molecule has 0 aliphatic carbocycles. The molecular weight excluding hydrogens is 304 g/mol. The first-order chi connectivity index (χ1) is 11.6. The molecule has 2 heterocycles. The molecular formula is C18H20N4O2. The van der Waals surface area contributed by atoms with Crippen molar-refractivity contribution < 1.29 is 9.59 Å². The summed E-state index contributed by atoms with van der Waals surface area (Å²) in [6, 6.07) is 12.9. The number of carbonyl (C=O) groups excluding carboxylic acids is 2. The predicted octanol–water partition coefficient (Wildman–Crippen LogP) is 2.00. The van der Waals surface area contributed by atoms with Crippen LogP contribution in [-0.2, 0) is 4.79 Å². The average molecular weight is 324 g/mol. The molecule has 2 amide bonds. The van der Waals surface area contributed by atoms with Gasteiger partial charge in [0.25, 0.3) is 5.91 Å². The summed E-state index contributed by atoms with van der Waals surface area (Å²) in [6.07, 6.45) is 1.71. The van der Waals surface area contributed by atoms with Gasteiger partial charge in [-0.15, -0.1) is 0 Å². The van der Waals surface area contributed by atoms with E-state index in [0.29, 0.717) is 18.8 Å². The van der Waals surface area contributed by atoms with Crippen LogP contribution in [0.2, 0.25) is 0 Å². The Kier molecular flexibility index (Phi) is 4.74. The number of piperazine rings is 1. The van der Waals surface area contributed by atoms with Crippen LogP contribution in [-0.4, -0.2) is 47.9 Å². The molecule has 0 bridgehead atoms. The zero-order valence-electron chi connectivity index (χ0n) is 13.6. The van der Waals surface area contributed by atoms with Gasteiger partial charge >= 0.3 is 0 Å². The number of para-hydroxylation sites is 1. The van der Waals surface area contributed by atoms with Gasteiger partial charge in [0.1, 0.15) is 5.69 Å². The molecule has 1 aliphatic heterocycles. The molecule has 2 aromatic rings. The zero-order chi connectivity index (χ0) is 16.9. The number of pyridine rings is 1. The molecule has 1 N–H and O–H groups in total. The van der Waals surface area contributed by atoms with Crippen LogP contribution in [0.25, 0.3) is 0 Å². The third-order valence-corrected chi connectivity index (χ3v) is 4.10. The van der Waals surface area contributed by atoms with Crippen LogP contribution in [0.3, 0.4) is 0 Å². The standard InChI is InChI=1S/C18H20N4O2/c1-14(23)21-9-11-22(12-10-21)16-7-8-17(19-13-16)18(24)20-15-5-3-2-4-6-15/h2-8,13H,9-12H2,1H3,(H,20,24). The van der Waals surface area contributed by atoms with Crippen LogP contribution >= 0.6 is 0 Å². The molecule has 1 aromatic carbocycles. The van der Waals surface area contributed by atoms with Gasteiger partial charge in [-0.3, -0.25) is 9.59 Å². The highest BCUT2D eigenvalue weighted by atomic mass is 16.2. The Bertz CT molecular complexity index is 708. The number of aromatic nitrogens is 1. The van der Waals surface area contributed by atoms with Gasteiger partial charge in [-0.2, -0.15) is 0 Å². The zero-order valence-corrected chi connectivity index (χ0v) is 13.6. The van der Waals surface area contributed by atoms with Crippen molar-refractivity contribution in [2.75, 3.05) is 36.4 Å². The Labute approximate surface area is 141 Å². The molecule has 3 rings (SSSR count). The smallest absolute Gasteiger partial charge is 0.274 e. The van der Waals surface area contributed by atoms with E-state index >= 15 is 0 Å². The highest BCUT2D eigenvalue weighted by Crippen LogP contribution is 2.16. The van der Waals surface area contributed by atoms with Crippen LogP contribution in [0.15, 0.2) is 48.7 Å². The summed E-state index contributed by atoms with van der Waals surface area (Å²) in [5.41, 5.74) is 2.09. The summed E-state index contributed by atoms with van der Waals surface area (Å²) >= 11 is 0. The van der Waals surface area contributed by atoms with Gasteiger partial charge in [0.15, 0.2) is 0 Å². The summed E-state index contributed by atoms with van der Waals surface area (Å²) in [4.78, 5) is 31.8. The summed E-state index contributed by atoms with van der Waals surface area (Å²) in [5.74, 6) is -0.116. The highest BCUT2D eigenvalue weighted by Gasteiger charge is 2.19. The summed E-state index contributed by atoms with van der Waals surface area (Å²) < 4.78 is 0. The van der Waals surface area contributed by atoms with Gasteiger partial charge in [-0.25, -0.2) is 4.98 Å². The summed E-state index contributed by atoms with van der Waals surface area (Å²) in [5, 5.41) is 2.82. The Morgan fingerprint density at radius 2 is 1.71 bits per heavy atom. The Hall–Kier alpha value is -2.89. The van der Waals surface area contributed by atoms with Gasteiger partial charge in [0.2, 0.25) is 5.91 Å². The quantitative estimate of drug-likeness (QED) is 0.938. The van der Waals surface area contributed by atoms with Gasteiger partial charge in [0, 0.05) is 38.8 Å². The summed E-state index contributed by atoms with van der Waals surface area (Å²) in [6.45, 7) is 4.57. The minimum atomic E-state index is -0.228. The number of carbonyl (C=O) groups is 2. The number of benzene rings is 1. The molecule has 0 unspecified atom stereocenters. The van der Waals surface area contributed by atoms with Gasteiger partial charge in [0.05, 0.1) is 11.9 Å². The van der Waals surface area contributed by atoms with Crippen LogP contribution in [0.1, 0.15) is 17.4 Å². The number of nitrogens with zero attached hydrogens (tertiary/aromatic N) is 3. The Balaban J connectivity index is 1.61. The van der Waals surface area contributed by atoms with Gasteiger partial charge in [-0.1, -0.05) is 18.2 Å². The van der Waals surface area contributed by atoms with E-state index in [-0.39, 0.29) is 11.8 Å². The maximum absolute atomic E-state index is 12.2. The van der Waals surface area contributed by atoms with Crippen molar-refractivity contribution in [1.29, 1.82) is 0 Å². The van der Waals surface area contributed by atoms with Crippen molar-refractivity contribution in [2.45, 2.75) is 6.92 Å². The van der Waals surface area contributed by atoms with Crippen LogP contribution in [0, 0.1) is 0 Å². The second kappa shape index (κ2) is 7.12. The first-order valence-electron chi connectivity index (χ1n) is 7.96. The van der Waals surface area contributed by atoms with Crippen LogP contribution in [0.4, 0.5) is 11.4 Å². The van der Waals surface area contributed by atoms with E-state index in [4.69, 9.17) is 0 Å². The molecule has 0 saturated carbocycles. The summed E-state index contributed by atoms with van der Waals surface area (Å²) in [7, 11) is 0. The third-order valence-electron chi connectivity index (χ3n) is 4.10. The van der Waals surface area contributed by atoms with Crippen molar-refractivity contribution in [3.8, 4) is 0 Å². The normalized spacial score (nSPS) is 14.4. The topological polar surface area (TPSA) is 65.5 Å². The van der Waals surface area contributed by atoms with E-state index in [9.17, 15) is 9.59 Å². The number of amides is 2. The molecule has 1 saturated heterocycles. The Morgan fingerprint density at radius 1 is 1.00 bits per heavy atom. The predicted molar refractivity (Wildman–Crippen MR) is 93.1 cm³/mol. The van der Waals surface area contributed by atoms with Crippen LogP contribution in [0.5, 0.6) is 0 Å². The van der Waals surface area contributed by atoms with E-state index in [1.807, 2.05) is 41.3 Å². The SMILES string of the molecule is CC(=O)N1CCN(c2ccc(C(=O)Nc3ccccc3)nc2)CC1. The minimum absolute atomic E-state index is 0.112. The molecule has 1 aliphatic rings. The lowest BCUT2D eigenvalue weighted by atomic mass is 10.2. The van der Waals surface area contributed by atoms with E-state index in [2.05, 4.69) is 15.2 Å².